The van der Waals surface area contributed by atoms with E-state index in [9.17, 15) is 9.59 Å². The second-order valence-corrected chi connectivity index (χ2v) is 9.29. The van der Waals surface area contributed by atoms with Gasteiger partial charge in [0.2, 0.25) is 5.91 Å². The monoisotopic (exact) mass is 389 g/mol. The second-order valence-electron chi connectivity index (χ2n) is 9.29. The van der Waals surface area contributed by atoms with Gasteiger partial charge in [-0.2, -0.15) is 10.2 Å². The number of carbonyl (C=O) groups is 2. The van der Waals surface area contributed by atoms with Crippen LogP contribution in [0.5, 0.6) is 0 Å². The van der Waals surface area contributed by atoms with Crippen molar-refractivity contribution in [2.24, 2.45) is 16.1 Å². The molecule has 2 heterocycles. The van der Waals surface area contributed by atoms with E-state index in [4.69, 9.17) is 15.9 Å². The van der Waals surface area contributed by atoms with Crippen LogP contribution in [-0.4, -0.2) is 41.4 Å². The molecule has 1 amide bonds. The van der Waals surface area contributed by atoms with Crippen LogP contribution in [0.4, 0.5) is 0 Å². The minimum absolute atomic E-state index is 0.00855. The third-order valence-electron chi connectivity index (χ3n) is 5.65. The van der Waals surface area contributed by atoms with Crippen molar-refractivity contribution in [1.82, 2.24) is 5.32 Å². The third-order valence-corrected chi connectivity index (χ3v) is 5.65. The maximum atomic E-state index is 12.1. The molecule has 1 atom stereocenters. The summed E-state index contributed by atoms with van der Waals surface area (Å²) in [6.45, 7) is 6.15. The Kier molecular flexibility index (Phi) is 5.81. The van der Waals surface area contributed by atoms with Crippen molar-refractivity contribution in [2.45, 2.75) is 95.1 Å². The highest BCUT2D eigenvalue weighted by atomic mass is 16.6. The molecule has 7 nitrogen and oxygen atoms in total. The number of rotatable bonds is 8. The van der Waals surface area contributed by atoms with Gasteiger partial charge in [0.15, 0.2) is 5.66 Å². The molecule has 1 aliphatic carbocycles. The van der Waals surface area contributed by atoms with Crippen molar-refractivity contribution in [3.05, 3.63) is 0 Å². The summed E-state index contributed by atoms with van der Waals surface area (Å²) in [5.41, 5.74) is -1.08. The fourth-order valence-corrected chi connectivity index (χ4v) is 4.03. The quantitative estimate of drug-likeness (QED) is 0.510. The summed E-state index contributed by atoms with van der Waals surface area (Å²) in [6, 6.07) is 0. The van der Waals surface area contributed by atoms with Gasteiger partial charge in [0, 0.05) is 32.2 Å². The molecule has 1 saturated heterocycles. The fourth-order valence-electron chi connectivity index (χ4n) is 4.03. The third kappa shape index (κ3) is 5.32. The van der Waals surface area contributed by atoms with Gasteiger partial charge < -0.3 is 14.8 Å². The van der Waals surface area contributed by atoms with Crippen molar-refractivity contribution in [1.29, 1.82) is 0 Å². The average Bonchev–Trinajstić information content (AvgIpc) is 3.22. The first-order chi connectivity index (χ1) is 13.1. The summed E-state index contributed by atoms with van der Waals surface area (Å²) in [5, 5.41) is 11.1. The Labute approximate surface area is 167 Å². The lowest BCUT2D eigenvalue weighted by atomic mass is 9.69. The Balaban J connectivity index is 1.32. The lowest BCUT2D eigenvalue weighted by Gasteiger charge is -2.44. The normalized spacial score (nSPS) is 29.8. The van der Waals surface area contributed by atoms with Crippen molar-refractivity contribution in [3.63, 3.8) is 0 Å². The molecule has 2 fully saturated rings. The molecule has 28 heavy (non-hydrogen) atoms. The number of hydrogen-bond donors (Lipinski definition) is 1. The van der Waals surface area contributed by atoms with E-state index in [1.165, 1.54) is 0 Å². The maximum Gasteiger partial charge on any atom is 0.309 e. The van der Waals surface area contributed by atoms with Gasteiger partial charge in [0.05, 0.1) is 17.6 Å². The van der Waals surface area contributed by atoms with Crippen LogP contribution in [0.3, 0.4) is 0 Å². The molecule has 3 rings (SSSR count). The molecule has 3 aliphatic rings. The van der Waals surface area contributed by atoms with E-state index in [2.05, 4.69) is 21.5 Å². The van der Waals surface area contributed by atoms with E-state index in [1.54, 1.807) is 0 Å². The minimum atomic E-state index is -0.455. The van der Waals surface area contributed by atoms with Crippen molar-refractivity contribution >= 4 is 11.9 Å². The summed E-state index contributed by atoms with van der Waals surface area (Å²) in [4.78, 5) is 24.3. The molecule has 0 radical (unpaired) electrons. The highest BCUT2D eigenvalue weighted by molar-refractivity contribution is 5.76. The van der Waals surface area contributed by atoms with Gasteiger partial charge in [-0.25, -0.2) is 0 Å². The number of hydrogen-bond acceptors (Lipinski definition) is 6. The molecule has 154 valence electrons. The zero-order valence-corrected chi connectivity index (χ0v) is 17.1. The molecule has 0 aromatic heterocycles. The Morgan fingerprint density at radius 2 is 2.00 bits per heavy atom. The molecule has 0 aromatic carbocycles. The number of terminal acetylenes is 1. The highest BCUT2D eigenvalue weighted by Gasteiger charge is 2.53. The molecule has 7 heteroatoms. The van der Waals surface area contributed by atoms with E-state index >= 15 is 0 Å². The van der Waals surface area contributed by atoms with Gasteiger partial charge in [-0.3, -0.25) is 9.59 Å². The first-order valence-electron chi connectivity index (χ1n) is 10.2. The molecular formula is C21H31N3O4. The molecule has 1 saturated carbocycles. The number of nitrogens with one attached hydrogen (secondary N) is 1. The molecule has 0 bridgehead atoms. The molecule has 1 spiro atoms. The Morgan fingerprint density at radius 3 is 2.61 bits per heavy atom. The van der Waals surface area contributed by atoms with E-state index in [0.717, 1.165) is 12.8 Å². The van der Waals surface area contributed by atoms with Gasteiger partial charge in [0.1, 0.15) is 5.60 Å². The fraction of sp³-hybridized carbons (Fsp3) is 0.810. The average molecular weight is 389 g/mol. The number of ether oxygens (including phenoxy) is 2. The van der Waals surface area contributed by atoms with Crippen LogP contribution in [0, 0.1) is 18.3 Å². The summed E-state index contributed by atoms with van der Waals surface area (Å²) in [7, 11) is 0. The van der Waals surface area contributed by atoms with E-state index in [-0.39, 0.29) is 29.5 Å². The van der Waals surface area contributed by atoms with Crippen LogP contribution >= 0.6 is 0 Å². The van der Waals surface area contributed by atoms with E-state index < -0.39 is 11.3 Å². The van der Waals surface area contributed by atoms with Gasteiger partial charge in [-0.1, -0.05) is 0 Å². The van der Waals surface area contributed by atoms with Crippen molar-refractivity contribution < 1.29 is 19.1 Å². The lowest BCUT2D eigenvalue weighted by Crippen LogP contribution is -2.49. The van der Waals surface area contributed by atoms with Gasteiger partial charge in [-0.05, 0) is 46.5 Å². The van der Waals surface area contributed by atoms with E-state index in [1.807, 2.05) is 20.8 Å². The molecule has 1 N–H and O–H groups in total. The maximum absolute atomic E-state index is 12.1. The molecule has 2 aliphatic heterocycles. The van der Waals surface area contributed by atoms with Crippen LogP contribution < -0.4 is 5.32 Å². The predicted molar refractivity (Wildman–Crippen MR) is 103 cm³/mol. The Bertz CT molecular complexity index is 677. The van der Waals surface area contributed by atoms with Crippen LogP contribution in [0.15, 0.2) is 10.2 Å². The van der Waals surface area contributed by atoms with Crippen LogP contribution in [0.2, 0.25) is 0 Å². The summed E-state index contributed by atoms with van der Waals surface area (Å²) >= 11 is 0. The SMILES string of the molecule is C#CCCC1(CCC(=O)NCC2CCC3(CC(C(=O)OC(C)(C)C)C3)O2)N=N1. The van der Waals surface area contributed by atoms with Gasteiger partial charge >= 0.3 is 5.97 Å². The zero-order chi connectivity index (χ0) is 20.4. The first kappa shape index (κ1) is 20.8. The number of carbonyl (C=O) groups excluding carboxylic acids is 2. The summed E-state index contributed by atoms with van der Waals surface area (Å²) < 4.78 is 11.6. The lowest BCUT2D eigenvalue weighted by molar-refractivity contribution is -0.180. The van der Waals surface area contributed by atoms with Crippen LogP contribution in [-0.2, 0) is 19.1 Å². The number of amides is 1. The number of nitrogens with zero attached hydrogens (tertiary/aromatic N) is 2. The first-order valence-corrected chi connectivity index (χ1v) is 10.2. The Morgan fingerprint density at radius 1 is 1.29 bits per heavy atom. The van der Waals surface area contributed by atoms with Crippen molar-refractivity contribution in [2.75, 3.05) is 6.54 Å². The number of esters is 1. The molecular weight excluding hydrogens is 358 g/mol. The highest BCUT2D eigenvalue weighted by Crippen LogP contribution is 2.49. The molecule has 1 unspecified atom stereocenters. The van der Waals surface area contributed by atoms with Gasteiger partial charge in [0.25, 0.3) is 0 Å². The topological polar surface area (TPSA) is 89.4 Å². The standard InChI is InChI=1S/C21H31N3O4/c1-5-6-9-21(23-24-21)11-8-17(25)22-14-16-7-10-20(27-16)12-15(13-20)18(26)28-19(2,3)4/h1,15-16H,6-14H2,2-4H3,(H,22,25). The summed E-state index contributed by atoms with van der Waals surface area (Å²) in [5.74, 6) is 2.37. The van der Waals surface area contributed by atoms with Crippen molar-refractivity contribution in [3.8, 4) is 12.3 Å². The van der Waals surface area contributed by atoms with E-state index in [0.29, 0.717) is 45.1 Å². The van der Waals surface area contributed by atoms with Gasteiger partial charge in [-0.15, -0.1) is 12.3 Å². The second kappa shape index (κ2) is 7.82. The van der Waals surface area contributed by atoms with Crippen LogP contribution in [0.1, 0.15) is 72.1 Å². The van der Waals surface area contributed by atoms with Crippen LogP contribution in [0.25, 0.3) is 0 Å². The zero-order valence-electron chi connectivity index (χ0n) is 17.1. The molecule has 0 aromatic rings. The summed E-state index contributed by atoms with van der Waals surface area (Å²) in [6.07, 6.45) is 10.9. The smallest absolute Gasteiger partial charge is 0.309 e. The largest absolute Gasteiger partial charge is 0.460 e. The predicted octanol–water partition coefficient (Wildman–Crippen LogP) is 3.13. The minimum Gasteiger partial charge on any atom is -0.460 e. The Hall–Kier alpha value is -1.94.